The Morgan fingerprint density at radius 2 is 2.00 bits per heavy atom. The Morgan fingerprint density at radius 1 is 1.22 bits per heavy atom. The molecule has 12 heteroatoms. The molecule has 4 N–H and O–H groups in total. The first kappa shape index (κ1) is 26.8. The van der Waals surface area contributed by atoms with Gasteiger partial charge in [-0.1, -0.05) is 0 Å². The van der Waals surface area contributed by atoms with E-state index >= 15 is 8.78 Å². The minimum atomic E-state index is -1.68. The molecule has 4 heterocycles. The van der Waals surface area contributed by atoms with Gasteiger partial charge in [-0.3, -0.25) is 9.78 Å². The summed E-state index contributed by atoms with van der Waals surface area (Å²) in [6.07, 6.45) is 4.69. The van der Waals surface area contributed by atoms with Crippen LogP contribution < -0.4 is 21.4 Å². The van der Waals surface area contributed by atoms with Crippen LogP contribution in [-0.4, -0.2) is 58.0 Å². The third kappa shape index (κ3) is 4.04. The molecule has 1 atom stereocenters. The maximum Gasteiger partial charge on any atom is 0.341 e. The number of hydrogen-bond acceptors (Lipinski definition) is 7. The Kier molecular flexibility index (Phi) is 6.25. The highest BCUT2D eigenvalue weighted by molar-refractivity contribution is 5.98. The van der Waals surface area contributed by atoms with Gasteiger partial charge in [0.2, 0.25) is 5.43 Å². The van der Waals surface area contributed by atoms with E-state index in [0.717, 1.165) is 6.07 Å². The fourth-order valence-electron chi connectivity index (χ4n) is 5.98. The Morgan fingerprint density at radius 3 is 2.66 bits per heavy atom. The van der Waals surface area contributed by atoms with Gasteiger partial charge in [0.05, 0.1) is 23.3 Å². The maximum atomic E-state index is 15.5. The number of rotatable bonds is 6. The van der Waals surface area contributed by atoms with E-state index in [-0.39, 0.29) is 43.4 Å². The smallest absolute Gasteiger partial charge is 0.341 e. The lowest BCUT2D eigenvalue weighted by Gasteiger charge is -2.27. The summed E-state index contributed by atoms with van der Waals surface area (Å²) < 4.78 is 47.3. The molecule has 1 fully saturated rings. The van der Waals surface area contributed by atoms with Crippen LogP contribution in [0.3, 0.4) is 0 Å². The van der Waals surface area contributed by atoms with E-state index in [1.807, 2.05) is 0 Å². The highest BCUT2D eigenvalue weighted by atomic mass is 19.2. The third-order valence-electron chi connectivity index (χ3n) is 8.10. The summed E-state index contributed by atoms with van der Waals surface area (Å²) in [5, 5.41) is 12.6. The molecule has 1 aliphatic carbocycles. The Balaban J connectivity index is 1.66. The number of halogens is 3. The summed E-state index contributed by atoms with van der Waals surface area (Å²) in [4.78, 5) is 35.8. The fourth-order valence-corrected chi connectivity index (χ4v) is 5.98. The van der Waals surface area contributed by atoms with Crippen LogP contribution >= 0.6 is 0 Å². The van der Waals surface area contributed by atoms with E-state index in [2.05, 4.69) is 15.3 Å². The minimum absolute atomic E-state index is 0.0491. The molecule has 4 aromatic rings. The van der Waals surface area contributed by atoms with Gasteiger partial charge in [-0.25, -0.2) is 22.9 Å². The molecule has 0 saturated carbocycles. The number of nitrogens with two attached hydrogens (primary N) is 1. The second-order valence-corrected chi connectivity index (χ2v) is 10.4. The van der Waals surface area contributed by atoms with Crippen molar-refractivity contribution in [2.24, 2.45) is 5.73 Å². The molecular formula is C29H27F3N6O3. The Labute approximate surface area is 232 Å². The van der Waals surface area contributed by atoms with Gasteiger partial charge >= 0.3 is 5.97 Å². The molecule has 1 aliphatic heterocycles. The van der Waals surface area contributed by atoms with E-state index < -0.39 is 34.3 Å². The molecule has 3 aromatic heterocycles. The van der Waals surface area contributed by atoms with Crippen LogP contribution in [0.25, 0.3) is 33.3 Å². The van der Waals surface area contributed by atoms with E-state index in [1.165, 1.54) is 18.5 Å². The lowest BCUT2D eigenvalue weighted by molar-refractivity contribution is 0.0694. The number of anilines is 2. The number of carbonyl (C=O) groups is 1. The molecule has 1 unspecified atom stereocenters. The van der Waals surface area contributed by atoms with Gasteiger partial charge in [0.15, 0.2) is 11.6 Å². The Bertz CT molecular complexity index is 1820. The van der Waals surface area contributed by atoms with Crippen molar-refractivity contribution in [2.45, 2.75) is 32.0 Å². The third-order valence-corrected chi connectivity index (χ3v) is 8.10. The van der Waals surface area contributed by atoms with Gasteiger partial charge in [0.25, 0.3) is 0 Å². The molecule has 6 rings (SSSR count). The number of pyridine rings is 3. The number of alkyl halides is 1. The summed E-state index contributed by atoms with van der Waals surface area (Å²) in [7, 11) is 1.62. The zero-order valence-electron chi connectivity index (χ0n) is 22.4. The summed E-state index contributed by atoms with van der Waals surface area (Å²) in [5.74, 6) is -3.43. The number of aryl methyl sites for hydroxylation is 1. The number of nitrogens with zero attached hydrogens (tertiary/aromatic N) is 4. The van der Waals surface area contributed by atoms with Crippen LogP contribution in [0.2, 0.25) is 0 Å². The highest BCUT2D eigenvalue weighted by Gasteiger charge is 2.41. The molecule has 9 nitrogen and oxygen atoms in total. The average Bonchev–Trinajstić information content (AvgIpc) is 3.56. The quantitative estimate of drug-likeness (QED) is 0.283. The van der Waals surface area contributed by atoms with E-state index in [9.17, 15) is 19.1 Å². The summed E-state index contributed by atoms with van der Waals surface area (Å²) >= 11 is 0. The maximum absolute atomic E-state index is 15.5. The predicted octanol–water partition coefficient (Wildman–Crippen LogP) is 3.94. The average molecular weight is 565 g/mol. The second-order valence-electron chi connectivity index (χ2n) is 10.4. The topological polar surface area (TPSA) is 126 Å². The molecule has 1 aromatic carbocycles. The minimum Gasteiger partial charge on any atom is -0.477 e. The molecule has 0 amide bonds. The number of carboxylic acid groups (broad SMARTS) is 1. The largest absolute Gasteiger partial charge is 0.477 e. The lowest BCUT2D eigenvalue weighted by Crippen LogP contribution is -2.36. The van der Waals surface area contributed by atoms with Crippen LogP contribution in [0.15, 0.2) is 35.5 Å². The molecule has 1 saturated heterocycles. The van der Waals surface area contributed by atoms with Gasteiger partial charge in [-0.05, 0) is 18.6 Å². The van der Waals surface area contributed by atoms with E-state index in [0.29, 0.717) is 51.5 Å². The van der Waals surface area contributed by atoms with Crippen LogP contribution in [0.4, 0.5) is 24.5 Å². The monoisotopic (exact) mass is 564 g/mol. The van der Waals surface area contributed by atoms with E-state index in [1.54, 1.807) is 29.6 Å². The van der Waals surface area contributed by atoms with E-state index in [4.69, 9.17) is 5.73 Å². The summed E-state index contributed by atoms with van der Waals surface area (Å²) in [5.41, 5.74) is 6.35. The summed E-state index contributed by atoms with van der Waals surface area (Å²) in [6.45, 7) is 2.14. The van der Waals surface area contributed by atoms with Gasteiger partial charge in [0, 0.05) is 92.1 Å². The number of carboxylic acids is 1. The van der Waals surface area contributed by atoms with Crippen molar-refractivity contribution in [3.8, 4) is 22.3 Å². The number of hydrogen-bond donors (Lipinski definition) is 3. The molecule has 2 aliphatic rings. The van der Waals surface area contributed by atoms with Crippen molar-refractivity contribution in [1.82, 2.24) is 14.5 Å². The van der Waals surface area contributed by atoms with Crippen molar-refractivity contribution >= 4 is 28.4 Å². The molecule has 41 heavy (non-hydrogen) atoms. The van der Waals surface area contributed by atoms with Gasteiger partial charge in [-0.2, -0.15) is 0 Å². The number of aromatic nitrogens is 3. The number of benzene rings is 1. The second kappa shape index (κ2) is 9.58. The first-order chi connectivity index (χ1) is 19.6. The lowest BCUT2D eigenvalue weighted by atomic mass is 9.97. The van der Waals surface area contributed by atoms with Crippen molar-refractivity contribution in [3.63, 3.8) is 0 Å². The number of nitrogens with one attached hydrogen (secondary N) is 1. The number of fused-ring (bicyclic) bond motifs is 4. The van der Waals surface area contributed by atoms with Crippen LogP contribution in [0.5, 0.6) is 0 Å². The molecule has 0 bridgehead atoms. The normalized spacial score (nSPS) is 17.7. The Hall–Kier alpha value is -4.45. The van der Waals surface area contributed by atoms with Crippen molar-refractivity contribution in [1.29, 1.82) is 0 Å². The fraction of sp³-hybridized carbons (Fsp3) is 0.310. The zero-order chi connectivity index (χ0) is 29.2. The molecular weight excluding hydrogens is 537 g/mol. The zero-order valence-corrected chi connectivity index (χ0v) is 22.4. The van der Waals surface area contributed by atoms with Crippen LogP contribution in [-0.2, 0) is 13.0 Å². The van der Waals surface area contributed by atoms with Gasteiger partial charge in [0.1, 0.15) is 16.9 Å². The van der Waals surface area contributed by atoms with Crippen molar-refractivity contribution in [2.75, 3.05) is 36.9 Å². The van der Waals surface area contributed by atoms with Crippen molar-refractivity contribution in [3.05, 3.63) is 69.4 Å². The van der Waals surface area contributed by atoms with Gasteiger partial charge in [-0.15, -0.1) is 0 Å². The molecule has 212 valence electrons. The molecule has 0 spiro atoms. The first-order valence-electron chi connectivity index (χ1n) is 13.2. The molecule has 0 radical (unpaired) electrons. The predicted molar refractivity (Wildman–Crippen MR) is 149 cm³/mol. The SMILES string of the molecule is CCn1cc(C(=O)O)c(=O)c2cc(-c3cnc4c(c3N3CCC(F)(CN)C3)-c3c(F)c(F)cc(NC)c3C4)cnc21. The van der Waals surface area contributed by atoms with Crippen molar-refractivity contribution < 1.29 is 23.1 Å². The van der Waals surface area contributed by atoms with Gasteiger partial charge < -0.3 is 25.6 Å². The number of aromatic carboxylic acids is 1. The van der Waals surface area contributed by atoms with Crippen LogP contribution in [0, 0.1) is 11.6 Å². The van der Waals surface area contributed by atoms with Crippen LogP contribution in [0.1, 0.15) is 35.0 Å². The standard InChI is InChI=1S/C29H27F3N6O3/c1-3-37-11-18(28(40)41)26(39)16-6-14(9-36-27(16)37)17-10-35-21-7-15-20(34-2)8-19(30)24(31)22(15)23(21)25(17)38-5-4-29(32,12-33)13-38/h6,8-11,34H,3-5,7,12-13,33H2,1-2H3,(H,40,41). The first-order valence-corrected chi connectivity index (χ1v) is 13.2. The highest BCUT2D eigenvalue weighted by Crippen LogP contribution is 2.51. The summed E-state index contributed by atoms with van der Waals surface area (Å²) in [6, 6.07) is 2.62.